The molecule has 0 aromatic carbocycles. The van der Waals surface area contributed by atoms with E-state index in [0.717, 1.165) is 17.8 Å². The van der Waals surface area contributed by atoms with Gasteiger partial charge in [-0.15, -0.1) is 17.0 Å². The van der Waals surface area contributed by atoms with Crippen molar-refractivity contribution >= 4 is 22.8 Å². The molecule has 1 rings (SSSR count). The first-order chi connectivity index (χ1) is 6.27. The van der Waals surface area contributed by atoms with Crippen LogP contribution in [0.5, 0.6) is 0 Å². The average Bonchev–Trinajstić information content (AvgIpc) is 2.16. The molecule has 0 aliphatic rings. The lowest BCUT2D eigenvalue weighted by Gasteiger charge is -2.05. The molecule has 1 heterocycles. The highest BCUT2D eigenvalue weighted by Crippen LogP contribution is 2.08. The Bertz CT molecular complexity index is 281. The van der Waals surface area contributed by atoms with Crippen molar-refractivity contribution in [2.24, 2.45) is 0 Å². The largest absolute Gasteiger partial charge is 0.383 e. The summed E-state index contributed by atoms with van der Waals surface area (Å²) in [6, 6.07) is 0. The maximum atomic E-state index is 5.71. The number of hydrogen-bond donors (Lipinski definition) is 1. The minimum absolute atomic E-state index is 0. The van der Waals surface area contributed by atoms with Crippen LogP contribution in [0, 0.1) is 0 Å². The second-order valence-corrected chi connectivity index (χ2v) is 2.69. The summed E-state index contributed by atoms with van der Waals surface area (Å²) in [5.74, 6) is 1.30. The lowest BCUT2D eigenvalue weighted by Crippen LogP contribution is -2.04. The molecule has 1 aromatic rings. The standard InChI is InChI=1S/C9H15N3O.BrH/c1-3-8-11-5-7(6-13-4-2)9(10)12-8;/h5H,3-4,6H2,1-2H3,(H2,10,11,12);1H. The summed E-state index contributed by atoms with van der Waals surface area (Å²) in [5.41, 5.74) is 6.57. The molecule has 80 valence electrons. The highest BCUT2D eigenvalue weighted by atomic mass is 79.9. The zero-order valence-corrected chi connectivity index (χ0v) is 10.2. The highest BCUT2D eigenvalue weighted by Gasteiger charge is 2.02. The van der Waals surface area contributed by atoms with Gasteiger partial charge in [0.2, 0.25) is 0 Å². The van der Waals surface area contributed by atoms with Crippen LogP contribution in [0.4, 0.5) is 5.82 Å². The van der Waals surface area contributed by atoms with Crippen LogP contribution in [0.25, 0.3) is 0 Å². The van der Waals surface area contributed by atoms with E-state index in [1.54, 1.807) is 6.20 Å². The number of hydrogen-bond acceptors (Lipinski definition) is 4. The Hall–Kier alpha value is -0.680. The zero-order valence-electron chi connectivity index (χ0n) is 8.49. The smallest absolute Gasteiger partial charge is 0.132 e. The molecular formula is C9H16BrN3O. The minimum Gasteiger partial charge on any atom is -0.383 e. The third-order valence-corrected chi connectivity index (χ3v) is 1.73. The lowest BCUT2D eigenvalue weighted by molar-refractivity contribution is 0.134. The van der Waals surface area contributed by atoms with Crippen LogP contribution >= 0.6 is 17.0 Å². The Morgan fingerprint density at radius 2 is 2.14 bits per heavy atom. The first-order valence-corrected chi connectivity index (χ1v) is 4.46. The van der Waals surface area contributed by atoms with E-state index < -0.39 is 0 Å². The molecule has 1 aromatic heterocycles. The van der Waals surface area contributed by atoms with Gasteiger partial charge in [0.15, 0.2) is 0 Å². The number of anilines is 1. The molecular weight excluding hydrogens is 246 g/mol. The number of nitrogen functional groups attached to an aromatic ring is 1. The van der Waals surface area contributed by atoms with Crippen molar-refractivity contribution in [3.05, 3.63) is 17.6 Å². The quantitative estimate of drug-likeness (QED) is 0.897. The first kappa shape index (κ1) is 13.3. The van der Waals surface area contributed by atoms with Crippen molar-refractivity contribution in [3.8, 4) is 0 Å². The predicted molar refractivity (Wildman–Crippen MR) is 61.5 cm³/mol. The Kier molecular flexibility index (Phi) is 6.40. The van der Waals surface area contributed by atoms with E-state index in [1.165, 1.54) is 0 Å². The lowest BCUT2D eigenvalue weighted by atomic mass is 10.3. The van der Waals surface area contributed by atoms with E-state index in [2.05, 4.69) is 9.97 Å². The number of nitrogens with zero attached hydrogens (tertiary/aromatic N) is 2. The van der Waals surface area contributed by atoms with Gasteiger partial charge in [0, 0.05) is 24.8 Å². The Balaban J connectivity index is 0.00000169. The molecule has 2 N–H and O–H groups in total. The first-order valence-electron chi connectivity index (χ1n) is 4.46. The molecule has 0 saturated heterocycles. The molecule has 0 aliphatic heterocycles. The van der Waals surface area contributed by atoms with Gasteiger partial charge in [-0.25, -0.2) is 9.97 Å². The average molecular weight is 262 g/mol. The van der Waals surface area contributed by atoms with Crippen molar-refractivity contribution in [1.29, 1.82) is 0 Å². The van der Waals surface area contributed by atoms with Gasteiger partial charge in [-0.3, -0.25) is 0 Å². The molecule has 5 heteroatoms. The van der Waals surface area contributed by atoms with Crippen molar-refractivity contribution in [2.75, 3.05) is 12.3 Å². The summed E-state index contributed by atoms with van der Waals surface area (Å²) in [6.07, 6.45) is 2.54. The normalized spacial score (nSPS) is 9.57. The van der Waals surface area contributed by atoms with Gasteiger partial charge in [-0.1, -0.05) is 6.92 Å². The van der Waals surface area contributed by atoms with Gasteiger partial charge < -0.3 is 10.5 Å². The zero-order chi connectivity index (χ0) is 9.68. The summed E-state index contributed by atoms with van der Waals surface area (Å²) < 4.78 is 5.21. The van der Waals surface area contributed by atoms with E-state index >= 15 is 0 Å². The summed E-state index contributed by atoms with van der Waals surface area (Å²) in [7, 11) is 0. The summed E-state index contributed by atoms with van der Waals surface area (Å²) in [4.78, 5) is 8.27. The van der Waals surface area contributed by atoms with Gasteiger partial charge in [0.1, 0.15) is 11.6 Å². The van der Waals surface area contributed by atoms with Crippen molar-refractivity contribution in [2.45, 2.75) is 26.9 Å². The van der Waals surface area contributed by atoms with Gasteiger partial charge >= 0.3 is 0 Å². The van der Waals surface area contributed by atoms with E-state index in [1.807, 2.05) is 13.8 Å². The van der Waals surface area contributed by atoms with Crippen molar-refractivity contribution in [3.63, 3.8) is 0 Å². The Morgan fingerprint density at radius 3 is 2.64 bits per heavy atom. The predicted octanol–water partition coefficient (Wildman–Crippen LogP) is 1.74. The second-order valence-electron chi connectivity index (χ2n) is 2.69. The van der Waals surface area contributed by atoms with Crippen LogP contribution in [0.2, 0.25) is 0 Å². The number of halogens is 1. The van der Waals surface area contributed by atoms with E-state index in [0.29, 0.717) is 19.0 Å². The molecule has 0 saturated carbocycles. The van der Waals surface area contributed by atoms with Crippen LogP contribution in [0.1, 0.15) is 25.2 Å². The highest BCUT2D eigenvalue weighted by molar-refractivity contribution is 8.93. The molecule has 0 amide bonds. The van der Waals surface area contributed by atoms with E-state index in [4.69, 9.17) is 10.5 Å². The third kappa shape index (κ3) is 3.59. The van der Waals surface area contributed by atoms with Crippen LogP contribution < -0.4 is 5.73 Å². The van der Waals surface area contributed by atoms with Gasteiger partial charge in [-0.05, 0) is 6.92 Å². The van der Waals surface area contributed by atoms with Crippen LogP contribution in [-0.4, -0.2) is 16.6 Å². The number of aromatic nitrogens is 2. The topological polar surface area (TPSA) is 61.0 Å². The van der Waals surface area contributed by atoms with E-state index in [-0.39, 0.29) is 17.0 Å². The monoisotopic (exact) mass is 261 g/mol. The molecule has 0 atom stereocenters. The van der Waals surface area contributed by atoms with Crippen molar-refractivity contribution < 1.29 is 4.74 Å². The molecule has 0 radical (unpaired) electrons. The fourth-order valence-corrected chi connectivity index (χ4v) is 0.952. The maximum absolute atomic E-state index is 5.71. The molecule has 4 nitrogen and oxygen atoms in total. The van der Waals surface area contributed by atoms with Crippen molar-refractivity contribution in [1.82, 2.24) is 9.97 Å². The Labute approximate surface area is 94.7 Å². The number of nitrogens with two attached hydrogens (primary N) is 1. The van der Waals surface area contributed by atoms with Crippen LogP contribution in [0.15, 0.2) is 6.20 Å². The fraction of sp³-hybridized carbons (Fsp3) is 0.556. The van der Waals surface area contributed by atoms with E-state index in [9.17, 15) is 0 Å². The number of ether oxygens (including phenoxy) is 1. The Morgan fingerprint density at radius 1 is 1.43 bits per heavy atom. The van der Waals surface area contributed by atoms with Crippen LogP contribution in [-0.2, 0) is 17.8 Å². The summed E-state index contributed by atoms with van der Waals surface area (Å²) >= 11 is 0. The SMILES string of the molecule is Br.CCOCc1cnc(CC)nc1N. The fourth-order valence-electron chi connectivity index (χ4n) is 0.952. The summed E-state index contributed by atoms with van der Waals surface area (Å²) in [6.45, 7) is 5.11. The molecule has 14 heavy (non-hydrogen) atoms. The van der Waals surface area contributed by atoms with Crippen LogP contribution in [0.3, 0.4) is 0 Å². The number of aryl methyl sites for hydroxylation is 1. The van der Waals surface area contributed by atoms with Gasteiger partial charge in [0.25, 0.3) is 0 Å². The third-order valence-electron chi connectivity index (χ3n) is 1.73. The maximum Gasteiger partial charge on any atom is 0.132 e. The summed E-state index contributed by atoms with van der Waals surface area (Å²) in [5, 5.41) is 0. The number of rotatable bonds is 4. The molecule has 0 unspecified atom stereocenters. The second kappa shape index (κ2) is 6.73. The molecule has 0 aliphatic carbocycles. The minimum atomic E-state index is 0. The molecule has 0 fully saturated rings. The molecule has 0 spiro atoms. The van der Waals surface area contributed by atoms with Gasteiger partial charge in [0.05, 0.1) is 6.61 Å². The van der Waals surface area contributed by atoms with Gasteiger partial charge in [-0.2, -0.15) is 0 Å². The molecule has 0 bridgehead atoms.